The first-order valence-corrected chi connectivity index (χ1v) is 11.5. The molecule has 1 N–H and O–H groups in total. The molecule has 0 amide bonds. The summed E-state index contributed by atoms with van der Waals surface area (Å²) in [5, 5.41) is 7.56. The normalized spacial score (nSPS) is 20.3. The molecule has 1 aliphatic carbocycles. The lowest BCUT2D eigenvalue weighted by Gasteiger charge is -2.34. The molecule has 0 radical (unpaired) electrons. The Hall–Kier alpha value is -1.65. The van der Waals surface area contributed by atoms with Crippen molar-refractivity contribution < 1.29 is 31.1 Å². The Morgan fingerprint density at radius 1 is 1.17 bits per heavy atom. The van der Waals surface area contributed by atoms with Gasteiger partial charge in [0.15, 0.2) is 5.90 Å². The molecule has 1 aromatic carbocycles. The smallest absolute Gasteiger partial charge is 0.416 e. The predicted molar refractivity (Wildman–Crippen MR) is 107 cm³/mol. The lowest BCUT2D eigenvalue weighted by atomic mass is 9.93. The van der Waals surface area contributed by atoms with E-state index in [9.17, 15) is 21.6 Å². The lowest BCUT2D eigenvalue weighted by molar-refractivity contribution is -0.137. The third kappa shape index (κ3) is 6.68. The van der Waals surface area contributed by atoms with Crippen molar-refractivity contribution in [2.75, 3.05) is 20.3 Å². The minimum Gasteiger partial charge on any atom is -0.481 e. The Morgan fingerprint density at radius 2 is 1.77 bits per heavy atom. The fourth-order valence-electron chi connectivity index (χ4n) is 3.48. The van der Waals surface area contributed by atoms with Gasteiger partial charge < -0.3 is 9.47 Å². The molecule has 1 aromatic rings. The first kappa shape index (κ1) is 24.6. The molecule has 6 nitrogen and oxygen atoms in total. The van der Waals surface area contributed by atoms with Crippen LogP contribution in [0.1, 0.15) is 51.0 Å². The summed E-state index contributed by atoms with van der Waals surface area (Å²) in [6.45, 7) is 2.83. The molecule has 0 heterocycles. The highest BCUT2D eigenvalue weighted by Crippen LogP contribution is 2.32. The number of halogens is 3. The monoisotopic (exact) mass is 450 g/mol. The average molecular weight is 451 g/mol. The predicted octanol–water partition coefficient (Wildman–Crippen LogP) is 4.45. The van der Waals surface area contributed by atoms with E-state index in [1.165, 1.54) is 11.4 Å². The van der Waals surface area contributed by atoms with E-state index >= 15 is 0 Å². The number of hydrogen-bond acceptors (Lipinski definition) is 5. The van der Waals surface area contributed by atoms with E-state index in [4.69, 9.17) is 14.9 Å². The maximum atomic E-state index is 12.8. The number of benzene rings is 1. The van der Waals surface area contributed by atoms with Gasteiger partial charge in [-0.3, -0.25) is 5.41 Å². The highest BCUT2D eigenvalue weighted by molar-refractivity contribution is 7.89. The fraction of sp³-hybridized carbons (Fsp3) is 0.650. The van der Waals surface area contributed by atoms with E-state index in [1.807, 2.05) is 6.92 Å². The number of rotatable bonds is 9. The molecule has 170 valence electrons. The van der Waals surface area contributed by atoms with Crippen LogP contribution in [0.5, 0.6) is 0 Å². The first-order chi connectivity index (χ1) is 14.1. The van der Waals surface area contributed by atoms with Gasteiger partial charge in [-0.15, -0.1) is 0 Å². The molecule has 1 aliphatic rings. The van der Waals surface area contributed by atoms with E-state index in [0.29, 0.717) is 51.7 Å². The van der Waals surface area contributed by atoms with Crippen molar-refractivity contribution in [2.24, 2.45) is 0 Å². The minimum atomic E-state index is -4.50. The third-order valence-corrected chi connectivity index (χ3v) is 7.16. The zero-order chi connectivity index (χ0) is 22.4. The third-order valence-electron chi connectivity index (χ3n) is 5.24. The van der Waals surface area contributed by atoms with Crippen LogP contribution in [-0.2, 0) is 25.7 Å². The molecule has 2 rings (SSSR count). The zero-order valence-corrected chi connectivity index (χ0v) is 18.1. The Balaban J connectivity index is 1.84. The van der Waals surface area contributed by atoms with Gasteiger partial charge in [0, 0.05) is 26.1 Å². The van der Waals surface area contributed by atoms with Gasteiger partial charge in [0.05, 0.1) is 23.2 Å². The maximum absolute atomic E-state index is 12.8. The number of nitrogens with one attached hydrogen (secondary N) is 1. The molecule has 1 fully saturated rings. The van der Waals surface area contributed by atoms with Gasteiger partial charge in [0.25, 0.3) is 0 Å². The van der Waals surface area contributed by atoms with Crippen molar-refractivity contribution >= 4 is 15.9 Å². The SMILES string of the molecule is CCOC(=N)CCCO[C@H]1CC[C@H](N(C)S(=O)(=O)c2ccc(C(F)(F)F)cc2)CC1. The number of hydrogen-bond donors (Lipinski definition) is 1. The van der Waals surface area contributed by atoms with Gasteiger partial charge in [-0.05, 0) is 63.3 Å². The molecule has 0 bridgehead atoms. The molecule has 0 aliphatic heterocycles. The van der Waals surface area contributed by atoms with Crippen molar-refractivity contribution in [3.05, 3.63) is 29.8 Å². The summed E-state index contributed by atoms with van der Waals surface area (Å²) in [6, 6.07) is 3.36. The molecular formula is C20H29F3N2O4S. The van der Waals surface area contributed by atoms with Crippen LogP contribution in [0.4, 0.5) is 13.2 Å². The molecule has 0 saturated heterocycles. The Morgan fingerprint density at radius 3 is 2.30 bits per heavy atom. The van der Waals surface area contributed by atoms with E-state index in [0.717, 1.165) is 24.3 Å². The van der Waals surface area contributed by atoms with Crippen molar-refractivity contribution in [3.63, 3.8) is 0 Å². The zero-order valence-electron chi connectivity index (χ0n) is 17.2. The summed E-state index contributed by atoms with van der Waals surface area (Å²) < 4.78 is 75.8. The van der Waals surface area contributed by atoms with Gasteiger partial charge in [0.2, 0.25) is 10.0 Å². The van der Waals surface area contributed by atoms with Crippen molar-refractivity contribution in [1.29, 1.82) is 5.41 Å². The Bertz CT molecular complexity index is 789. The quantitative estimate of drug-likeness (QED) is 0.343. The number of alkyl halides is 3. The summed E-state index contributed by atoms with van der Waals surface area (Å²) in [5.74, 6) is 0.250. The Labute approximate surface area is 175 Å². The Kier molecular flexibility index (Phi) is 8.69. The molecule has 10 heteroatoms. The molecule has 1 saturated carbocycles. The number of nitrogens with zero attached hydrogens (tertiary/aromatic N) is 1. The van der Waals surface area contributed by atoms with Crippen LogP contribution in [0.15, 0.2) is 29.2 Å². The summed E-state index contributed by atoms with van der Waals surface area (Å²) in [7, 11) is -2.40. The topological polar surface area (TPSA) is 79.7 Å². The van der Waals surface area contributed by atoms with Crippen LogP contribution in [0.2, 0.25) is 0 Å². The van der Waals surface area contributed by atoms with Crippen molar-refractivity contribution in [2.45, 2.75) is 68.7 Å². The van der Waals surface area contributed by atoms with Gasteiger partial charge in [0.1, 0.15) is 0 Å². The van der Waals surface area contributed by atoms with Crippen LogP contribution in [-0.4, -0.2) is 51.0 Å². The second-order valence-corrected chi connectivity index (χ2v) is 9.30. The highest BCUT2D eigenvalue weighted by atomic mass is 32.2. The standard InChI is InChI=1S/C20H29F3N2O4S/c1-3-28-19(24)5-4-14-29-17-10-8-16(9-11-17)25(2)30(26,27)18-12-6-15(7-13-18)20(21,22)23/h6-7,12-13,16-17,24H,3-5,8-11,14H2,1-2H3/t16-,17-. The van der Waals surface area contributed by atoms with Gasteiger partial charge in [-0.25, -0.2) is 8.42 Å². The van der Waals surface area contributed by atoms with Crippen molar-refractivity contribution in [1.82, 2.24) is 4.31 Å². The molecule has 0 aromatic heterocycles. The minimum absolute atomic E-state index is 0.0460. The molecular weight excluding hydrogens is 421 g/mol. The summed E-state index contributed by atoms with van der Waals surface area (Å²) >= 11 is 0. The van der Waals surface area contributed by atoms with E-state index in [1.54, 1.807) is 0 Å². The van der Waals surface area contributed by atoms with E-state index in [2.05, 4.69) is 0 Å². The van der Waals surface area contributed by atoms with E-state index < -0.39 is 21.8 Å². The highest BCUT2D eigenvalue weighted by Gasteiger charge is 2.34. The maximum Gasteiger partial charge on any atom is 0.416 e. The average Bonchev–Trinajstić information content (AvgIpc) is 2.71. The van der Waals surface area contributed by atoms with Gasteiger partial charge in [-0.1, -0.05) is 0 Å². The van der Waals surface area contributed by atoms with Gasteiger partial charge in [-0.2, -0.15) is 17.5 Å². The second-order valence-electron chi connectivity index (χ2n) is 7.30. The summed E-state index contributed by atoms with van der Waals surface area (Å²) in [4.78, 5) is -0.145. The van der Waals surface area contributed by atoms with Crippen LogP contribution in [0.3, 0.4) is 0 Å². The van der Waals surface area contributed by atoms with Crippen molar-refractivity contribution in [3.8, 4) is 0 Å². The van der Waals surface area contributed by atoms with Crippen LogP contribution in [0.25, 0.3) is 0 Å². The fourth-order valence-corrected chi connectivity index (χ4v) is 4.90. The van der Waals surface area contributed by atoms with E-state index in [-0.39, 0.29) is 22.9 Å². The molecule has 0 spiro atoms. The lowest BCUT2D eigenvalue weighted by Crippen LogP contribution is -2.40. The van der Waals surface area contributed by atoms with Crippen LogP contribution in [0, 0.1) is 5.41 Å². The first-order valence-electron chi connectivity index (χ1n) is 10.0. The molecule has 30 heavy (non-hydrogen) atoms. The molecule has 0 unspecified atom stereocenters. The molecule has 0 atom stereocenters. The van der Waals surface area contributed by atoms with Crippen LogP contribution >= 0.6 is 0 Å². The summed E-state index contributed by atoms with van der Waals surface area (Å²) in [5.41, 5.74) is -0.877. The van der Waals surface area contributed by atoms with Gasteiger partial charge >= 0.3 is 6.18 Å². The number of sulfonamides is 1. The van der Waals surface area contributed by atoms with Crippen LogP contribution < -0.4 is 0 Å². The second kappa shape index (κ2) is 10.6. The largest absolute Gasteiger partial charge is 0.481 e. The number of ether oxygens (including phenoxy) is 2. The summed E-state index contributed by atoms with van der Waals surface area (Å²) in [6.07, 6.45) is -0.578.